The molecule has 94 valence electrons. The van der Waals surface area contributed by atoms with Gasteiger partial charge in [-0.25, -0.2) is 14.6 Å². The lowest BCUT2D eigenvalue weighted by atomic mass is 10.00. The molecular formula is C10H16N4O3. The Morgan fingerprint density at radius 3 is 2.76 bits per heavy atom. The molecule has 0 aromatic carbocycles. The number of aromatic amines is 1. The lowest BCUT2D eigenvalue weighted by Crippen LogP contribution is -2.54. The SMILES string of the molecule is CCC(C)(NC(=O)NCc1cnc[nH]1)C(=O)O. The van der Waals surface area contributed by atoms with Gasteiger partial charge < -0.3 is 20.7 Å². The van der Waals surface area contributed by atoms with E-state index in [0.29, 0.717) is 6.42 Å². The molecule has 7 nitrogen and oxygen atoms in total. The molecule has 0 fully saturated rings. The molecule has 0 radical (unpaired) electrons. The second-order valence-electron chi connectivity index (χ2n) is 3.88. The fourth-order valence-electron chi connectivity index (χ4n) is 1.14. The molecule has 1 rings (SSSR count). The van der Waals surface area contributed by atoms with Gasteiger partial charge in [0.25, 0.3) is 0 Å². The van der Waals surface area contributed by atoms with Crippen LogP contribution in [0.3, 0.4) is 0 Å². The number of nitrogens with one attached hydrogen (secondary N) is 3. The van der Waals surface area contributed by atoms with E-state index in [4.69, 9.17) is 5.11 Å². The van der Waals surface area contributed by atoms with Crippen molar-refractivity contribution in [2.45, 2.75) is 32.4 Å². The Kier molecular flexibility index (Phi) is 4.08. The van der Waals surface area contributed by atoms with Gasteiger partial charge in [0.05, 0.1) is 18.6 Å². The fraction of sp³-hybridized carbons (Fsp3) is 0.500. The summed E-state index contributed by atoms with van der Waals surface area (Å²) in [6, 6.07) is -0.522. The summed E-state index contributed by atoms with van der Waals surface area (Å²) < 4.78 is 0. The third-order valence-corrected chi connectivity index (χ3v) is 2.56. The average molecular weight is 240 g/mol. The average Bonchev–Trinajstić information content (AvgIpc) is 2.78. The van der Waals surface area contributed by atoms with Crippen LogP contribution in [0.1, 0.15) is 26.0 Å². The number of carboxylic acid groups (broad SMARTS) is 1. The number of aliphatic carboxylic acids is 1. The lowest BCUT2D eigenvalue weighted by molar-refractivity contribution is -0.143. The first-order valence-electron chi connectivity index (χ1n) is 5.24. The third kappa shape index (κ3) is 3.47. The van der Waals surface area contributed by atoms with Crippen LogP contribution in [0.2, 0.25) is 0 Å². The van der Waals surface area contributed by atoms with Gasteiger partial charge >= 0.3 is 12.0 Å². The highest BCUT2D eigenvalue weighted by Gasteiger charge is 2.32. The molecule has 0 saturated carbocycles. The van der Waals surface area contributed by atoms with Gasteiger partial charge in [0.2, 0.25) is 0 Å². The normalized spacial score (nSPS) is 13.8. The summed E-state index contributed by atoms with van der Waals surface area (Å²) in [6.45, 7) is 3.43. The van der Waals surface area contributed by atoms with Crippen molar-refractivity contribution in [3.8, 4) is 0 Å². The Morgan fingerprint density at radius 2 is 2.29 bits per heavy atom. The maximum Gasteiger partial charge on any atom is 0.329 e. The number of hydrogen-bond donors (Lipinski definition) is 4. The zero-order valence-electron chi connectivity index (χ0n) is 9.78. The number of nitrogens with zero attached hydrogens (tertiary/aromatic N) is 1. The van der Waals surface area contributed by atoms with Gasteiger partial charge in [-0.15, -0.1) is 0 Å². The number of imidazole rings is 1. The summed E-state index contributed by atoms with van der Waals surface area (Å²) in [7, 11) is 0. The fourth-order valence-corrected chi connectivity index (χ4v) is 1.14. The predicted molar refractivity (Wildman–Crippen MR) is 60.3 cm³/mol. The Hall–Kier alpha value is -2.05. The second kappa shape index (κ2) is 5.33. The molecule has 4 N–H and O–H groups in total. The first kappa shape index (κ1) is 13.0. The molecule has 1 unspecified atom stereocenters. The van der Waals surface area contributed by atoms with Crippen molar-refractivity contribution in [3.63, 3.8) is 0 Å². The number of urea groups is 1. The minimum Gasteiger partial charge on any atom is -0.480 e. The summed E-state index contributed by atoms with van der Waals surface area (Å²) >= 11 is 0. The largest absolute Gasteiger partial charge is 0.480 e. The van der Waals surface area contributed by atoms with Crippen molar-refractivity contribution in [3.05, 3.63) is 18.2 Å². The molecule has 17 heavy (non-hydrogen) atoms. The van der Waals surface area contributed by atoms with Gasteiger partial charge in [-0.3, -0.25) is 0 Å². The van der Waals surface area contributed by atoms with E-state index >= 15 is 0 Å². The van der Waals surface area contributed by atoms with E-state index in [1.807, 2.05) is 0 Å². The van der Waals surface area contributed by atoms with Crippen molar-refractivity contribution >= 4 is 12.0 Å². The predicted octanol–water partition coefficient (Wildman–Crippen LogP) is 0.462. The molecule has 1 aromatic rings. The van der Waals surface area contributed by atoms with Crippen LogP contribution in [-0.4, -0.2) is 32.6 Å². The summed E-state index contributed by atoms with van der Waals surface area (Å²) in [4.78, 5) is 29.1. The number of amides is 2. The molecule has 1 heterocycles. The molecule has 0 bridgehead atoms. The Balaban J connectivity index is 2.46. The number of H-pyrrole nitrogens is 1. The van der Waals surface area contributed by atoms with E-state index in [0.717, 1.165) is 5.69 Å². The third-order valence-electron chi connectivity index (χ3n) is 2.56. The monoisotopic (exact) mass is 240 g/mol. The van der Waals surface area contributed by atoms with Gasteiger partial charge in [-0.05, 0) is 13.3 Å². The van der Waals surface area contributed by atoms with Crippen LogP contribution in [0.4, 0.5) is 4.79 Å². The van der Waals surface area contributed by atoms with Crippen molar-refractivity contribution in [1.29, 1.82) is 0 Å². The quantitative estimate of drug-likeness (QED) is 0.599. The van der Waals surface area contributed by atoms with E-state index in [9.17, 15) is 9.59 Å². The van der Waals surface area contributed by atoms with E-state index in [1.165, 1.54) is 13.3 Å². The van der Waals surface area contributed by atoms with E-state index in [1.54, 1.807) is 13.1 Å². The molecule has 0 aliphatic carbocycles. The van der Waals surface area contributed by atoms with E-state index in [-0.39, 0.29) is 6.54 Å². The Bertz CT molecular complexity index is 390. The van der Waals surface area contributed by atoms with Crippen molar-refractivity contribution in [1.82, 2.24) is 20.6 Å². The van der Waals surface area contributed by atoms with Gasteiger partial charge in [-0.2, -0.15) is 0 Å². The van der Waals surface area contributed by atoms with Crippen molar-refractivity contribution in [2.24, 2.45) is 0 Å². The van der Waals surface area contributed by atoms with Crippen LogP contribution >= 0.6 is 0 Å². The van der Waals surface area contributed by atoms with E-state index in [2.05, 4.69) is 20.6 Å². The highest BCUT2D eigenvalue weighted by Crippen LogP contribution is 2.08. The van der Waals surface area contributed by atoms with Crippen LogP contribution in [0.5, 0.6) is 0 Å². The zero-order chi connectivity index (χ0) is 12.9. The Labute approximate surface area is 98.6 Å². The number of hydrogen-bond acceptors (Lipinski definition) is 3. The summed E-state index contributed by atoms with van der Waals surface area (Å²) in [5.74, 6) is -1.06. The van der Waals surface area contributed by atoms with Crippen molar-refractivity contribution in [2.75, 3.05) is 0 Å². The molecule has 0 aliphatic heterocycles. The second-order valence-corrected chi connectivity index (χ2v) is 3.88. The number of carbonyl (C=O) groups excluding carboxylic acids is 1. The van der Waals surface area contributed by atoms with Crippen LogP contribution in [0.25, 0.3) is 0 Å². The van der Waals surface area contributed by atoms with Crippen LogP contribution < -0.4 is 10.6 Å². The standard InChI is InChI=1S/C10H16N4O3/c1-3-10(2,8(15)16)14-9(17)12-5-7-4-11-6-13-7/h4,6H,3,5H2,1-2H3,(H,11,13)(H,15,16)(H2,12,14,17). The number of carbonyl (C=O) groups is 2. The molecule has 7 heteroatoms. The topological polar surface area (TPSA) is 107 Å². The summed E-state index contributed by atoms with van der Waals surface area (Å²) in [6.07, 6.45) is 3.39. The Morgan fingerprint density at radius 1 is 1.59 bits per heavy atom. The van der Waals surface area contributed by atoms with Gasteiger partial charge in [0.1, 0.15) is 5.54 Å². The number of carboxylic acids is 1. The first-order chi connectivity index (χ1) is 7.98. The highest BCUT2D eigenvalue weighted by atomic mass is 16.4. The minimum atomic E-state index is -1.25. The molecule has 0 spiro atoms. The molecule has 1 atom stereocenters. The molecule has 1 aromatic heterocycles. The minimum absolute atomic E-state index is 0.269. The lowest BCUT2D eigenvalue weighted by Gasteiger charge is -2.24. The maximum atomic E-state index is 11.5. The molecule has 2 amide bonds. The summed E-state index contributed by atoms with van der Waals surface area (Å²) in [5, 5.41) is 13.9. The smallest absolute Gasteiger partial charge is 0.329 e. The van der Waals surface area contributed by atoms with Crippen LogP contribution in [-0.2, 0) is 11.3 Å². The van der Waals surface area contributed by atoms with Crippen molar-refractivity contribution < 1.29 is 14.7 Å². The molecule has 0 aliphatic rings. The summed E-state index contributed by atoms with van der Waals surface area (Å²) in [5.41, 5.74) is -0.508. The van der Waals surface area contributed by atoms with Crippen LogP contribution in [0.15, 0.2) is 12.5 Å². The number of aromatic nitrogens is 2. The van der Waals surface area contributed by atoms with Gasteiger partial charge in [0, 0.05) is 6.20 Å². The maximum absolute atomic E-state index is 11.5. The highest BCUT2D eigenvalue weighted by molar-refractivity contribution is 5.85. The van der Waals surface area contributed by atoms with Gasteiger partial charge in [-0.1, -0.05) is 6.92 Å². The first-order valence-corrected chi connectivity index (χ1v) is 5.24. The zero-order valence-corrected chi connectivity index (χ0v) is 9.78. The molecule has 0 saturated heterocycles. The van der Waals surface area contributed by atoms with Gasteiger partial charge in [0.15, 0.2) is 0 Å². The van der Waals surface area contributed by atoms with Crippen LogP contribution in [0, 0.1) is 0 Å². The number of rotatable bonds is 5. The van der Waals surface area contributed by atoms with E-state index < -0.39 is 17.5 Å². The molecular weight excluding hydrogens is 224 g/mol.